The predicted molar refractivity (Wildman–Crippen MR) is 125 cm³/mol. The second-order valence-electron chi connectivity index (χ2n) is 7.95. The molecular weight excluding hydrogens is 430 g/mol. The topological polar surface area (TPSA) is 85.7 Å². The maximum Gasteiger partial charge on any atom is 0.312 e. The van der Waals surface area contributed by atoms with Gasteiger partial charge in [0.1, 0.15) is 23.9 Å². The molecule has 4 aromatic rings. The van der Waals surface area contributed by atoms with Gasteiger partial charge in [0.2, 0.25) is 0 Å². The third kappa shape index (κ3) is 4.13. The van der Waals surface area contributed by atoms with Crippen LogP contribution in [0.3, 0.4) is 0 Å². The van der Waals surface area contributed by atoms with Gasteiger partial charge in [0.05, 0.1) is 17.7 Å². The highest BCUT2D eigenvalue weighted by Crippen LogP contribution is 2.47. The molecule has 0 spiro atoms. The largest absolute Gasteiger partial charge is 0.507 e. The molecule has 0 radical (unpaired) electrons. The number of ether oxygens (including phenoxy) is 2. The van der Waals surface area contributed by atoms with Crippen LogP contribution < -0.4 is 9.47 Å². The third-order valence-electron chi connectivity index (χ3n) is 5.80. The molecule has 1 unspecified atom stereocenters. The van der Waals surface area contributed by atoms with E-state index in [1.807, 2.05) is 48.5 Å². The molecule has 34 heavy (non-hydrogen) atoms. The highest BCUT2D eigenvalue weighted by Gasteiger charge is 2.34. The Bertz CT molecular complexity index is 1350. The summed E-state index contributed by atoms with van der Waals surface area (Å²) in [6.45, 7) is 0.250. The van der Waals surface area contributed by atoms with Crippen LogP contribution in [0.1, 0.15) is 45.1 Å². The minimum absolute atomic E-state index is 0.00744. The van der Waals surface area contributed by atoms with E-state index < -0.39 is 11.9 Å². The summed E-state index contributed by atoms with van der Waals surface area (Å²) >= 11 is 0. The number of carbonyl (C=O) groups excluding carboxylic acids is 2. The Morgan fingerprint density at radius 1 is 0.971 bits per heavy atom. The van der Waals surface area contributed by atoms with Gasteiger partial charge in [0.25, 0.3) is 0 Å². The molecule has 0 saturated heterocycles. The molecule has 6 heteroatoms. The van der Waals surface area contributed by atoms with Gasteiger partial charge in [-0.15, -0.1) is 0 Å². The summed E-state index contributed by atoms with van der Waals surface area (Å²) in [5.41, 5.74) is 2.49. The zero-order valence-corrected chi connectivity index (χ0v) is 18.2. The van der Waals surface area contributed by atoms with Crippen LogP contribution >= 0.6 is 0 Å². The molecule has 1 N–H and O–H groups in total. The number of pyridine rings is 1. The van der Waals surface area contributed by atoms with Gasteiger partial charge in [0, 0.05) is 28.8 Å². The zero-order chi connectivity index (χ0) is 23.5. The number of aromatic nitrogens is 1. The lowest BCUT2D eigenvalue weighted by Gasteiger charge is -2.27. The summed E-state index contributed by atoms with van der Waals surface area (Å²) in [4.78, 5) is 29.8. The van der Waals surface area contributed by atoms with E-state index in [0.29, 0.717) is 16.9 Å². The van der Waals surface area contributed by atoms with Crippen molar-refractivity contribution in [3.8, 4) is 17.2 Å². The SMILES string of the molecule is O=C1CC(c2ccccc2OCc2ccccn2)c2c(ccc(C(=O)c3ccccc3)c2O)O1. The number of hydrogen-bond acceptors (Lipinski definition) is 6. The summed E-state index contributed by atoms with van der Waals surface area (Å²) in [7, 11) is 0. The Hall–Kier alpha value is -4.45. The number of rotatable bonds is 6. The Kier molecular flexibility index (Phi) is 5.79. The lowest BCUT2D eigenvalue weighted by atomic mass is 9.83. The molecule has 0 amide bonds. The van der Waals surface area contributed by atoms with Crippen LogP contribution in [0.2, 0.25) is 0 Å². The lowest BCUT2D eigenvalue weighted by Crippen LogP contribution is -2.22. The van der Waals surface area contributed by atoms with Crippen LogP contribution in [-0.4, -0.2) is 21.8 Å². The maximum atomic E-state index is 13.1. The van der Waals surface area contributed by atoms with E-state index in [4.69, 9.17) is 9.47 Å². The monoisotopic (exact) mass is 451 g/mol. The van der Waals surface area contributed by atoms with Gasteiger partial charge in [-0.2, -0.15) is 0 Å². The molecule has 1 aromatic heterocycles. The Balaban J connectivity index is 1.55. The summed E-state index contributed by atoms with van der Waals surface area (Å²) in [6, 6.07) is 24.7. The second kappa shape index (κ2) is 9.19. The van der Waals surface area contributed by atoms with Crippen molar-refractivity contribution in [2.24, 2.45) is 0 Å². The zero-order valence-electron chi connectivity index (χ0n) is 18.2. The van der Waals surface area contributed by atoms with E-state index in [2.05, 4.69) is 4.98 Å². The molecular formula is C28H21NO5. The van der Waals surface area contributed by atoms with E-state index in [-0.39, 0.29) is 35.9 Å². The number of phenolic OH excluding ortho intramolecular Hbond substituents is 1. The van der Waals surface area contributed by atoms with Crippen LogP contribution in [-0.2, 0) is 11.4 Å². The van der Waals surface area contributed by atoms with Gasteiger partial charge in [-0.3, -0.25) is 14.6 Å². The van der Waals surface area contributed by atoms with Crippen LogP contribution in [0.5, 0.6) is 17.2 Å². The first-order chi connectivity index (χ1) is 16.6. The average molecular weight is 451 g/mol. The van der Waals surface area contributed by atoms with Gasteiger partial charge < -0.3 is 14.6 Å². The Morgan fingerprint density at radius 3 is 2.53 bits per heavy atom. The summed E-state index contributed by atoms with van der Waals surface area (Å²) < 4.78 is 11.5. The molecule has 3 aromatic carbocycles. The molecule has 1 atom stereocenters. The van der Waals surface area contributed by atoms with Crippen molar-refractivity contribution in [3.63, 3.8) is 0 Å². The number of esters is 1. The fourth-order valence-corrected chi connectivity index (χ4v) is 4.18. The molecule has 0 fully saturated rings. The minimum Gasteiger partial charge on any atom is -0.507 e. The fraction of sp³-hybridized carbons (Fsp3) is 0.107. The van der Waals surface area contributed by atoms with Gasteiger partial charge >= 0.3 is 5.97 Å². The Labute approximate surface area is 196 Å². The number of carbonyl (C=O) groups is 2. The molecule has 0 aliphatic carbocycles. The molecule has 1 aliphatic rings. The molecule has 168 valence electrons. The molecule has 0 saturated carbocycles. The van der Waals surface area contributed by atoms with Crippen molar-refractivity contribution >= 4 is 11.8 Å². The highest BCUT2D eigenvalue weighted by molar-refractivity contribution is 6.11. The number of nitrogens with zero attached hydrogens (tertiary/aromatic N) is 1. The summed E-state index contributed by atoms with van der Waals surface area (Å²) in [5, 5.41) is 11.2. The summed E-state index contributed by atoms with van der Waals surface area (Å²) in [6.07, 6.45) is 1.70. The molecule has 6 nitrogen and oxygen atoms in total. The van der Waals surface area contributed by atoms with Crippen LogP contribution in [0.15, 0.2) is 91.1 Å². The smallest absolute Gasteiger partial charge is 0.312 e. The number of ketones is 1. The van der Waals surface area contributed by atoms with Crippen LogP contribution in [0, 0.1) is 0 Å². The number of hydrogen-bond donors (Lipinski definition) is 1. The number of benzene rings is 3. The summed E-state index contributed by atoms with van der Waals surface area (Å²) in [5.74, 6) is -0.654. The first kappa shape index (κ1) is 21.4. The molecule has 2 heterocycles. The third-order valence-corrected chi connectivity index (χ3v) is 5.80. The van der Waals surface area contributed by atoms with Gasteiger partial charge in [-0.05, 0) is 30.3 Å². The normalized spacial score (nSPS) is 14.7. The van der Waals surface area contributed by atoms with Crippen molar-refractivity contribution < 1.29 is 24.2 Å². The molecule has 5 rings (SSSR count). The minimum atomic E-state index is -0.542. The number of aromatic hydroxyl groups is 1. The van der Waals surface area contributed by atoms with E-state index in [0.717, 1.165) is 11.3 Å². The lowest BCUT2D eigenvalue weighted by molar-refractivity contribution is -0.135. The maximum absolute atomic E-state index is 13.1. The average Bonchev–Trinajstić information content (AvgIpc) is 2.88. The number of para-hydroxylation sites is 1. The van der Waals surface area contributed by atoms with Gasteiger partial charge in [-0.1, -0.05) is 54.6 Å². The first-order valence-corrected chi connectivity index (χ1v) is 10.9. The van der Waals surface area contributed by atoms with Crippen LogP contribution in [0.4, 0.5) is 0 Å². The van der Waals surface area contributed by atoms with Gasteiger partial charge in [0.15, 0.2) is 5.78 Å². The first-order valence-electron chi connectivity index (χ1n) is 10.9. The number of fused-ring (bicyclic) bond motifs is 1. The van der Waals surface area contributed by atoms with Crippen molar-refractivity contribution in [1.29, 1.82) is 0 Å². The molecule has 1 aliphatic heterocycles. The van der Waals surface area contributed by atoms with Crippen molar-refractivity contribution in [2.45, 2.75) is 18.9 Å². The van der Waals surface area contributed by atoms with Gasteiger partial charge in [-0.25, -0.2) is 0 Å². The van der Waals surface area contributed by atoms with E-state index in [9.17, 15) is 14.7 Å². The fourth-order valence-electron chi connectivity index (χ4n) is 4.18. The predicted octanol–water partition coefficient (Wildman–Crippen LogP) is 5.04. The quantitative estimate of drug-likeness (QED) is 0.251. The van der Waals surface area contributed by atoms with E-state index in [1.165, 1.54) is 6.07 Å². The van der Waals surface area contributed by atoms with E-state index >= 15 is 0 Å². The van der Waals surface area contributed by atoms with E-state index in [1.54, 1.807) is 36.5 Å². The van der Waals surface area contributed by atoms with Crippen molar-refractivity contribution in [3.05, 3.63) is 119 Å². The molecule has 0 bridgehead atoms. The highest BCUT2D eigenvalue weighted by atomic mass is 16.5. The Morgan fingerprint density at radius 2 is 1.74 bits per heavy atom. The second-order valence-corrected chi connectivity index (χ2v) is 7.95. The number of phenols is 1. The van der Waals surface area contributed by atoms with Crippen LogP contribution in [0.25, 0.3) is 0 Å². The standard InChI is InChI=1S/C28H21NO5/c30-25-16-22(20-11-4-5-12-23(20)33-17-19-10-6-7-15-29-19)26-24(34-25)14-13-21(28(26)32)27(31)18-8-2-1-3-9-18/h1-15,22,32H,16-17H2. The van der Waals surface area contributed by atoms with Crippen molar-refractivity contribution in [2.75, 3.05) is 0 Å². The van der Waals surface area contributed by atoms with Crippen molar-refractivity contribution in [1.82, 2.24) is 4.98 Å².